The molecule has 0 bridgehead atoms. The second-order valence-electron chi connectivity index (χ2n) is 7.15. The number of hydrogen-bond acceptors (Lipinski definition) is 6. The fourth-order valence-electron chi connectivity index (χ4n) is 3.17. The van der Waals surface area contributed by atoms with Crippen LogP contribution in [-0.2, 0) is 18.4 Å². The van der Waals surface area contributed by atoms with Gasteiger partial charge in [-0.15, -0.1) is 10.2 Å². The van der Waals surface area contributed by atoms with Crippen molar-refractivity contribution in [1.82, 2.24) is 25.1 Å². The molecule has 4 aromatic rings. The van der Waals surface area contributed by atoms with Gasteiger partial charge in [0.05, 0.1) is 17.0 Å². The normalized spacial score (nSPS) is 10.6. The molecule has 0 aliphatic rings. The molecule has 4 rings (SSSR count). The first kappa shape index (κ1) is 22.2. The van der Waals surface area contributed by atoms with E-state index in [4.69, 9.17) is 0 Å². The molecule has 166 valence electrons. The number of thioether (sulfide) groups is 1. The minimum absolute atomic E-state index is 0.127. The molecule has 8 nitrogen and oxygen atoms in total. The quantitative estimate of drug-likeness (QED) is 0.392. The molecule has 0 aliphatic carbocycles. The molecule has 2 aromatic heterocycles. The highest BCUT2D eigenvalue weighted by Gasteiger charge is 2.15. The van der Waals surface area contributed by atoms with E-state index in [0.717, 1.165) is 11.1 Å². The van der Waals surface area contributed by atoms with Gasteiger partial charge in [0.1, 0.15) is 0 Å². The van der Waals surface area contributed by atoms with E-state index >= 15 is 0 Å². The Bertz CT molecular complexity index is 1240. The lowest BCUT2D eigenvalue weighted by atomic mass is 10.1. The van der Waals surface area contributed by atoms with E-state index in [-0.39, 0.29) is 17.6 Å². The molecule has 0 spiro atoms. The number of hydrogen-bond donors (Lipinski definition) is 2. The Kier molecular flexibility index (Phi) is 7.11. The number of amides is 2. The molecule has 0 radical (unpaired) electrons. The van der Waals surface area contributed by atoms with Gasteiger partial charge in [-0.1, -0.05) is 54.2 Å². The van der Waals surface area contributed by atoms with Crippen LogP contribution < -0.4 is 10.6 Å². The summed E-state index contributed by atoms with van der Waals surface area (Å²) in [5.41, 5.74) is 2.76. The summed E-state index contributed by atoms with van der Waals surface area (Å²) in [7, 11) is 1.85. The van der Waals surface area contributed by atoms with Gasteiger partial charge in [0, 0.05) is 31.5 Å². The number of nitrogens with zero attached hydrogens (tertiary/aromatic N) is 4. The van der Waals surface area contributed by atoms with E-state index in [1.165, 1.54) is 11.8 Å². The van der Waals surface area contributed by atoms with Crippen LogP contribution >= 0.6 is 11.8 Å². The summed E-state index contributed by atoms with van der Waals surface area (Å²) >= 11 is 1.27. The maximum atomic E-state index is 12.7. The zero-order valence-electron chi connectivity index (χ0n) is 17.9. The van der Waals surface area contributed by atoms with E-state index < -0.39 is 0 Å². The van der Waals surface area contributed by atoms with Crippen LogP contribution in [0, 0.1) is 0 Å². The molecule has 0 atom stereocenters. The number of carbonyl (C=O) groups excluding carboxylic acids is 2. The predicted molar refractivity (Wildman–Crippen MR) is 128 cm³/mol. The van der Waals surface area contributed by atoms with Crippen LogP contribution in [0.2, 0.25) is 0 Å². The Morgan fingerprint density at radius 2 is 1.67 bits per heavy atom. The number of nitrogens with one attached hydrogen (secondary N) is 2. The van der Waals surface area contributed by atoms with Crippen molar-refractivity contribution in [3.8, 4) is 11.4 Å². The van der Waals surface area contributed by atoms with Gasteiger partial charge >= 0.3 is 0 Å². The smallest absolute Gasteiger partial charge is 0.253 e. The molecule has 0 unspecified atom stereocenters. The number of anilines is 1. The maximum absolute atomic E-state index is 12.7. The third kappa shape index (κ3) is 5.64. The number of rotatable bonds is 8. The Hall–Kier alpha value is -3.98. The number of carbonyl (C=O) groups is 2. The largest absolute Gasteiger partial charge is 0.348 e. The first-order chi connectivity index (χ1) is 16.1. The molecular formula is C24H22N6O2S. The van der Waals surface area contributed by atoms with Crippen molar-refractivity contribution in [2.45, 2.75) is 11.7 Å². The van der Waals surface area contributed by atoms with E-state index in [0.29, 0.717) is 28.8 Å². The summed E-state index contributed by atoms with van der Waals surface area (Å²) in [6, 6.07) is 20.3. The summed E-state index contributed by atoms with van der Waals surface area (Å²) in [4.78, 5) is 29.3. The Morgan fingerprint density at radius 1 is 0.939 bits per heavy atom. The van der Waals surface area contributed by atoms with E-state index in [9.17, 15) is 9.59 Å². The van der Waals surface area contributed by atoms with Crippen LogP contribution in [0.15, 0.2) is 84.3 Å². The molecular weight excluding hydrogens is 436 g/mol. The number of benzene rings is 2. The Labute approximate surface area is 195 Å². The van der Waals surface area contributed by atoms with Crippen LogP contribution in [-0.4, -0.2) is 37.3 Å². The molecule has 0 fully saturated rings. The van der Waals surface area contributed by atoms with Crippen molar-refractivity contribution in [3.05, 3.63) is 90.3 Å². The summed E-state index contributed by atoms with van der Waals surface area (Å²) in [5, 5.41) is 14.7. The number of pyridine rings is 1. The van der Waals surface area contributed by atoms with Crippen LogP contribution in [0.25, 0.3) is 11.4 Å². The lowest BCUT2D eigenvalue weighted by molar-refractivity contribution is -0.113. The summed E-state index contributed by atoms with van der Waals surface area (Å²) in [6.45, 7) is 0.407. The highest BCUT2D eigenvalue weighted by Crippen LogP contribution is 2.22. The molecule has 0 saturated heterocycles. The molecule has 2 N–H and O–H groups in total. The van der Waals surface area contributed by atoms with Gasteiger partial charge in [0.15, 0.2) is 11.0 Å². The summed E-state index contributed by atoms with van der Waals surface area (Å²) < 4.78 is 1.83. The fourth-order valence-corrected chi connectivity index (χ4v) is 3.88. The highest BCUT2D eigenvalue weighted by atomic mass is 32.2. The standard InChI is InChI=1S/C24H22N6O2S/c1-30-22(18-11-13-25-14-12-18)28-29-24(30)33-16-21(31)27-20-10-6-5-9-19(20)23(32)26-15-17-7-3-2-4-8-17/h2-14H,15-16H2,1H3,(H,26,32)(H,27,31). The summed E-state index contributed by atoms with van der Waals surface area (Å²) in [6.07, 6.45) is 3.38. The van der Waals surface area contributed by atoms with Gasteiger partial charge in [-0.25, -0.2) is 0 Å². The van der Waals surface area contributed by atoms with Crippen molar-refractivity contribution in [2.24, 2.45) is 7.05 Å². The van der Waals surface area contributed by atoms with Crippen LogP contribution in [0.4, 0.5) is 5.69 Å². The Morgan fingerprint density at radius 3 is 2.45 bits per heavy atom. The minimum atomic E-state index is -0.252. The average molecular weight is 459 g/mol. The van der Waals surface area contributed by atoms with Crippen LogP contribution in [0.1, 0.15) is 15.9 Å². The van der Waals surface area contributed by atoms with Gasteiger partial charge in [-0.2, -0.15) is 0 Å². The van der Waals surface area contributed by atoms with Crippen molar-refractivity contribution in [3.63, 3.8) is 0 Å². The third-order valence-electron chi connectivity index (χ3n) is 4.85. The molecule has 2 aromatic carbocycles. The van der Waals surface area contributed by atoms with Crippen molar-refractivity contribution >= 4 is 29.3 Å². The molecule has 33 heavy (non-hydrogen) atoms. The van der Waals surface area contributed by atoms with Crippen molar-refractivity contribution in [2.75, 3.05) is 11.1 Å². The Balaban J connectivity index is 1.36. The topological polar surface area (TPSA) is 102 Å². The SMILES string of the molecule is Cn1c(SCC(=O)Nc2ccccc2C(=O)NCc2ccccc2)nnc1-c1ccncc1. The molecule has 9 heteroatoms. The van der Waals surface area contributed by atoms with Crippen molar-refractivity contribution in [1.29, 1.82) is 0 Å². The lowest BCUT2D eigenvalue weighted by Gasteiger charge is -2.11. The second kappa shape index (κ2) is 10.6. The lowest BCUT2D eigenvalue weighted by Crippen LogP contribution is -2.25. The summed E-state index contributed by atoms with van der Waals surface area (Å²) in [5.74, 6) is 0.331. The maximum Gasteiger partial charge on any atom is 0.253 e. The number of para-hydroxylation sites is 1. The average Bonchev–Trinajstić information content (AvgIpc) is 3.23. The fraction of sp³-hybridized carbons (Fsp3) is 0.125. The van der Waals surface area contributed by atoms with Gasteiger partial charge in [0.2, 0.25) is 5.91 Å². The highest BCUT2D eigenvalue weighted by molar-refractivity contribution is 7.99. The number of aromatic nitrogens is 4. The zero-order chi connectivity index (χ0) is 23.0. The molecule has 2 amide bonds. The molecule has 0 aliphatic heterocycles. The molecule has 2 heterocycles. The van der Waals surface area contributed by atoms with Gasteiger partial charge in [-0.3, -0.25) is 14.6 Å². The monoisotopic (exact) mass is 458 g/mol. The minimum Gasteiger partial charge on any atom is -0.348 e. The van der Waals surface area contributed by atoms with E-state index in [1.807, 2.05) is 54.1 Å². The van der Waals surface area contributed by atoms with Gasteiger partial charge in [0.25, 0.3) is 5.91 Å². The zero-order valence-corrected chi connectivity index (χ0v) is 18.7. The second-order valence-corrected chi connectivity index (χ2v) is 8.09. The van der Waals surface area contributed by atoms with Gasteiger partial charge in [-0.05, 0) is 29.8 Å². The van der Waals surface area contributed by atoms with Crippen LogP contribution in [0.3, 0.4) is 0 Å². The first-order valence-corrected chi connectivity index (χ1v) is 11.2. The van der Waals surface area contributed by atoms with E-state index in [1.54, 1.807) is 36.7 Å². The van der Waals surface area contributed by atoms with Gasteiger partial charge < -0.3 is 15.2 Å². The third-order valence-corrected chi connectivity index (χ3v) is 5.87. The predicted octanol–water partition coefficient (Wildman–Crippen LogP) is 3.54. The van der Waals surface area contributed by atoms with Crippen molar-refractivity contribution < 1.29 is 9.59 Å². The van der Waals surface area contributed by atoms with Crippen LogP contribution in [0.5, 0.6) is 0 Å². The first-order valence-electron chi connectivity index (χ1n) is 10.3. The molecule has 0 saturated carbocycles. The van der Waals surface area contributed by atoms with E-state index in [2.05, 4.69) is 25.8 Å².